The normalized spacial score (nSPS) is 10.1. The van der Waals surface area contributed by atoms with Crippen LogP contribution in [0.2, 0.25) is 0 Å². The van der Waals surface area contributed by atoms with Gasteiger partial charge in [-0.3, -0.25) is 5.41 Å². The lowest BCUT2D eigenvalue weighted by atomic mass is 10.3. The van der Waals surface area contributed by atoms with Crippen molar-refractivity contribution in [2.45, 2.75) is 9.37 Å². The minimum Gasteiger partial charge on any atom is -0.384 e. The molecular formula is C8H7N5S2. The van der Waals surface area contributed by atoms with E-state index in [2.05, 4.69) is 14.3 Å². The fourth-order valence-electron chi connectivity index (χ4n) is 0.897. The quantitative estimate of drug-likeness (QED) is 0.621. The standard InChI is InChI=1S/C8H7N5S2/c9-7(10)5-1-2-6(11-3-5)14-8-12-4-13-15-8/h1-4H,(H3,9,10). The zero-order valence-electron chi connectivity index (χ0n) is 7.54. The molecule has 0 aromatic carbocycles. The molecule has 0 aliphatic rings. The maximum absolute atomic E-state index is 7.21. The maximum atomic E-state index is 7.21. The van der Waals surface area contributed by atoms with Gasteiger partial charge in [0, 0.05) is 11.8 Å². The number of hydrogen-bond acceptors (Lipinski definition) is 6. The van der Waals surface area contributed by atoms with Gasteiger partial charge >= 0.3 is 0 Å². The maximum Gasteiger partial charge on any atom is 0.175 e. The largest absolute Gasteiger partial charge is 0.384 e. The second-order valence-corrected chi connectivity index (χ2v) is 4.66. The Morgan fingerprint density at radius 2 is 2.27 bits per heavy atom. The molecule has 0 amide bonds. The van der Waals surface area contributed by atoms with Crippen LogP contribution in [0.1, 0.15) is 5.56 Å². The molecule has 0 spiro atoms. The molecule has 7 heteroatoms. The Balaban J connectivity index is 2.14. The molecule has 0 aliphatic heterocycles. The van der Waals surface area contributed by atoms with Gasteiger partial charge in [0.1, 0.15) is 17.2 Å². The molecule has 2 rings (SSSR count). The number of nitrogens with zero attached hydrogens (tertiary/aromatic N) is 3. The van der Waals surface area contributed by atoms with Crippen molar-refractivity contribution in [3.05, 3.63) is 30.2 Å². The highest BCUT2D eigenvalue weighted by molar-refractivity contribution is 8.00. The first kappa shape index (κ1) is 10.1. The molecule has 0 saturated heterocycles. The van der Waals surface area contributed by atoms with E-state index < -0.39 is 0 Å². The van der Waals surface area contributed by atoms with Crippen LogP contribution < -0.4 is 5.73 Å². The van der Waals surface area contributed by atoms with E-state index in [0.29, 0.717) is 5.56 Å². The highest BCUT2D eigenvalue weighted by Crippen LogP contribution is 2.25. The molecule has 0 atom stereocenters. The predicted molar refractivity (Wildman–Crippen MR) is 59.3 cm³/mol. The third-order valence-electron chi connectivity index (χ3n) is 1.58. The van der Waals surface area contributed by atoms with Gasteiger partial charge in [-0.25, -0.2) is 9.97 Å². The predicted octanol–water partition coefficient (Wildman–Crippen LogP) is 1.37. The second-order valence-electron chi connectivity index (χ2n) is 2.61. The molecule has 2 aromatic rings. The van der Waals surface area contributed by atoms with Crippen LogP contribution in [0, 0.1) is 5.41 Å². The van der Waals surface area contributed by atoms with Crippen LogP contribution in [0.3, 0.4) is 0 Å². The van der Waals surface area contributed by atoms with Crippen molar-refractivity contribution in [3.63, 3.8) is 0 Å². The van der Waals surface area contributed by atoms with Crippen LogP contribution in [0.5, 0.6) is 0 Å². The molecule has 76 valence electrons. The average molecular weight is 237 g/mol. The summed E-state index contributed by atoms with van der Waals surface area (Å²) in [6.07, 6.45) is 3.09. The highest BCUT2D eigenvalue weighted by atomic mass is 32.2. The molecule has 0 aliphatic carbocycles. The summed E-state index contributed by atoms with van der Waals surface area (Å²) in [4.78, 5) is 8.19. The SMILES string of the molecule is N=C(N)c1ccc(Sc2ncns2)nc1. The molecular weight excluding hydrogens is 230 g/mol. The molecule has 0 radical (unpaired) electrons. The van der Waals surface area contributed by atoms with E-state index in [1.807, 2.05) is 6.07 Å². The third-order valence-corrected chi connectivity index (χ3v) is 3.25. The van der Waals surface area contributed by atoms with E-state index in [-0.39, 0.29) is 5.84 Å². The first-order valence-corrected chi connectivity index (χ1v) is 5.59. The summed E-state index contributed by atoms with van der Waals surface area (Å²) >= 11 is 2.76. The van der Waals surface area contributed by atoms with Gasteiger partial charge in [0.25, 0.3) is 0 Å². The van der Waals surface area contributed by atoms with Crippen molar-refractivity contribution in [3.8, 4) is 0 Å². The number of aromatic nitrogens is 3. The van der Waals surface area contributed by atoms with Crippen LogP contribution in [-0.2, 0) is 0 Å². The van der Waals surface area contributed by atoms with E-state index in [1.165, 1.54) is 29.6 Å². The Hall–Kier alpha value is -1.47. The number of nitrogens with two attached hydrogens (primary N) is 1. The van der Waals surface area contributed by atoms with Crippen molar-refractivity contribution >= 4 is 29.1 Å². The molecule has 2 aromatic heterocycles. The first-order chi connectivity index (χ1) is 7.25. The van der Waals surface area contributed by atoms with E-state index in [4.69, 9.17) is 11.1 Å². The fourth-order valence-corrected chi connectivity index (χ4v) is 2.23. The Kier molecular flexibility index (Phi) is 2.93. The number of rotatable bonds is 3. The summed E-state index contributed by atoms with van der Waals surface area (Å²) in [5, 5.41) is 8.03. The van der Waals surface area contributed by atoms with Crippen molar-refractivity contribution in [2.24, 2.45) is 5.73 Å². The zero-order valence-corrected chi connectivity index (χ0v) is 9.18. The second kappa shape index (κ2) is 4.37. The first-order valence-electron chi connectivity index (χ1n) is 4.00. The third kappa shape index (κ3) is 2.51. The van der Waals surface area contributed by atoms with Gasteiger partial charge in [-0.15, -0.1) is 0 Å². The van der Waals surface area contributed by atoms with Gasteiger partial charge in [0.15, 0.2) is 4.34 Å². The monoisotopic (exact) mass is 237 g/mol. The van der Waals surface area contributed by atoms with E-state index in [0.717, 1.165) is 9.37 Å². The Morgan fingerprint density at radius 1 is 1.40 bits per heavy atom. The van der Waals surface area contributed by atoms with Crippen LogP contribution in [0.4, 0.5) is 0 Å². The van der Waals surface area contributed by atoms with E-state index >= 15 is 0 Å². The minimum absolute atomic E-state index is 0.0231. The van der Waals surface area contributed by atoms with Crippen molar-refractivity contribution in [2.75, 3.05) is 0 Å². The smallest absolute Gasteiger partial charge is 0.175 e. The zero-order chi connectivity index (χ0) is 10.7. The summed E-state index contributed by atoms with van der Waals surface area (Å²) in [6.45, 7) is 0. The Labute approximate surface area is 94.4 Å². The van der Waals surface area contributed by atoms with E-state index in [9.17, 15) is 0 Å². The number of nitrogen functional groups attached to an aromatic ring is 1. The van der Waals surface area contributed by atoms with Crippen molar-refractivity contribution in [1.29, 1.82) is 5.41 Å². The summed E-state index contributed by atoms with van der Waals surface area (Å²) in [7, 11) is 0. The Bertz CT molecular complexity index is 450. The molecule has 3 N–H and O–H groups in total. The number of hydrogen-bond donors (Lipinski definition) is 2. The minimum atomic E-state index is 0.0231. The van der Waals surface area contributed by atoms with Gasteiger partial charge in [-0.2, -0.15) is 4.37 Å². The fraction of sp³-hybridized carbons (Fsp3) is 0. The summed E-state index contributed by atoms with van der Waals surface area (Å²) < 4.78 is 4.74. The van der Waals surface area contributed by atoms with Gasteiger partial charge < -0.3 is 5.73 Å². The highest BCUT2D eigenvalue weighted by Gasteiger charge is 2.02. The van der Waals surface area contributed by atoms with Gasteiger partial charge in [-0.05, 0) is 35.4 Å². The van der Waals surface area contributed by atoms with Gasteiger partial charge in [0.05, 0.1) is 0 Å². The molecule has 0 bridgehead atoms. The van der Waals surface area contributed by atoms with Crippen LogP contribution in [0.25, 0.3) is 0 Å². The average Bonchev–Trinajstić information content (AvgIpc) is 2.71. The number of nitrogens with one attached hydrogen (secondary N) is 1. The number of pyridine rings is 1. The van der Waals surface area contributed by atoms with Gasteiger partial charge in [0.2, 0.25) is 0 Å². The molecule has 15 heavy (non-hydrogen) atoms. The molecule has 0 unspecified atom stereocenters. The summed E-state index contributed by atoms with van der Waals surface area (Å²) in [6, 6.07) is 3.57. The lowest BCUT2D eigenvalue weighted by molar-refractivity contribution is 1.11. The molecule has 5 nitrogen and oxygen atoms in total. The topological polar surface area (TPSA) is 88.5 Å². The molecule has 2 heterocycles. The Morgan fingerprint density at radius 3 is 2.80 bits per heavy atom. The van der Waals surface area contributed by atoms with Crippen molar-refractivity contribution in [1.82, 2.24) is 14.3 Å². The van der Waals surface area contributed by atoms with E-state index in [1.54, 1.807) is 12.3 Å². The lowest BCUT2D eigenvalue weighted by Gasteiger charge is -1.98. The van der Waals surface area contributed by atoms with Crippen molar-refractivity contribution < 1.29 is 0 Å². The molecule has 0 fully saturated rings. The van der Waals surface area contributed by atoms with Crippen LogP contribution >= 0.6 is 23.3 Å². The lowest BCUT2D eigenvalue weighted by Crippen LogP contribution is -2.10. The summed E-state index contributed by atoms with van der Waals surface area (Å²) in [5.74, 6) is 0.0231. The summed E-state index contributed by atoms with van der Waals surface area (Å²) in [5.41, 5.74) is 5.94. The van der Waals surface area contributed by atoms with Crippen LogP contribution in [0.15, 0.2) is 34.0 Å². The number of amidine groups is 1. The molecule has 0 saturated carbocycles. The van der Waals surface area contributed by atoms with Crippen LogP contribution in [-0.4, -0.2) is 20.2 Å². The van der Waals surface area contributed by atoms with Gasteiger partial charge in [-0.1, -0.05) is 0 Å².